The van der Waals surface area contributed by atoms with Gasteiger partial charge in [0.05, 0.1) is 13.0 Å². The van der Waals surface area contributed by atoms with Crippen LogP contribution in [0, 0.1) is 5.92 Å². The summed E-state index contributed by atoms with van der Waals surface area (Å²) in [5.74, 6) is -0.0868. The van der Waals surface area contributed by atoms with Crippen LogP contribution < -0.4 is 0 Å². The number of carbonyl (C=O) groups is 2. The van der Waals surface area contributed by atoms with Crippen LogP contribution in [0.4, 0.5) is 0 Å². The Morgan fingerprint density at radius 2 is 2.36 bits per heavy atom. The summed E-state index contributed by atoms with van der Waals surface area (Å²) in [7, 11) is 0. The summed E-state index contributed by atoms with van der Waals surface area (Å²) < 4.78 is 9.89. The van der Waals surface area contributed by atoms with Crippen molar-refractivity contribution in [1.29, 1.82) is 0 Å². The van der Waals surface area contributed by atoms with Crippen molar-refractivity contribution in [3.63, 3.8) is 0 Å². The van der Waals surface area contributed by atoms with E-state index in [-0.39, 0.29) is 18.0 Å². The molecule has 1 aliphatic rings. The molecule has 1 saturated heterocycles. The SMILES string of the molecule is CC(=O)OCCC[C@H]1OC(=O)C[C@H]1C. The second-order valence-electron chi connectivity index (χ2n) is 3.69. The monoisotopic (exact) mass is 200 g/mol. The Bertz CT molecular complexity index is 224. The first-order chi connectivity index (χ1) is 6.59. The van der Waals surface area contributed by atoms with Gasteiger partial charge in [-0.05, 0) is 12.8 Å². The molecule has 0 aromatic carbocycles. The van der Waals surface area contributed by atoms with Crippen LogP contribution in [0.3, 0.4) is 0 Å². The molecular formula is C10H16O4. The molecule has 1 aliphatic heterocycles. The maximum absolute atomic E-state index is 10.9. The zero-order valence-electron chi connectivity index (χ0n) is 8.62. The van der Waals surface area contributed by atoms with Gasteiger partial charge in [0.25, 0.3) is 0 Å². The molecule has 1 rings (SSSR count). The minimum atomic E-state index is -0.263. The molecule has 0 spiro atoms. The number of esters is 2. The van der Waals surface area contributed by atoms with Crippen molar-refractivity contribution >= 4 is 11.9 Å². The molecule has 2 atom stereocenters. The predicted molar refractivity (Wildman–Crippen MR) is 49.5 cm³/mol. The summed E-state index contributed by atoms with van der Waals surface area (Å²) >= 11 is 0. The molecule has 4 heteroatoms. The number of hydrogen-bond acceptors (Lipinski definition) is 4. The highest BCUT2D eigenvalue weighted by Gasteiger charge is 2.30. The van der Waals surface area contributed by atoms with E-state index in [2.05, 4.69) is 0 Å². The van der Waals surface area contributed by atoms with Crippen LogP contribution in [-0.2, 0) is 19.1 Å². The Labute approximate surface area is 83.6 Å². The fourth-order valence-electron chi connectivity index (χ4n) is 1.57. The third-order valence-electron chi connectivity index (χ3n) is 2.34. The maximum Gasteiger partial charge on any atom is 0.306 e. The van der Waals surface area contributed by atoms with Crippen molar-refractivity contribution in [1.82, 2.24) is 0 Å². The van der Waals surface area contributed by atoms with Crippen LogP contribution in [0.1, 0.15) is 33.1 Å². The second-order valence-corrected chi connectivity index (χ2v) is 3.69. The van der Waals surface area contributed by atoms with Gasteiger partial charge in [0, 0.05) is 12.8 Å². The van der Waals surface area contributed by atoms with Crippen LogP contribution in [0.5, 0.6) is 0 Å². The maximum atomic E-state index is 10.9. The van der Waals surface area contributed by atoms with Crippen molar-refractivity contribution in [2.45, 2.75) is 39.2 Å². The lowest BCUT2D eigenvalue weighted by Crippen LogP contribution is -2.14. The van der Waals surface area contributed by atoms with Crippen LogP contribution >= 0.6 is 0 Å². The average Bonchev–Trinajstić information content (AvgIpc) is 2.39. The van der Waals surface area contributed by atoms with E-state index in [9.17, 15) is 9.59 Å². The Morgan fingerprint density at radius 3 is 2.86 bits per heavy atom. The van der Waals surface area contributed by atoms with Gasteiger partial charge in [-0.2, -0.15) is 0 Å². The molecule has 0 amide bonds. The van der Waals surface area contributed by atoms with Crippen molar-refractivity contribution in [2.75, 3.05) is 6.61 Å². The predicted octanol–water partition coefficient (Wildman–Crippen LogP) is 1.28. The van der Waals surface area contributed by atoms with Crippen LogP contribution in [0.25, 0.3) is 0 Å². The largest absolute Gasteiger partial charge is 0.466 e. The van der Waals surface area contributed by atoms with Gasteiger partial charge in [-0.15, -0.1) is 0 Å². The number of rotatable bonds is 4. The van der Waals surface area contributed by atoms with Gasteiger partial charge >= 0.3 is 11.9 Å². The summed E-state index contributed by atoms with van der Waals surface area (Å²) in [5.41, 5.74) is 0. The number of cyclic esters (lactones) is 1. The summed E-state index contributed by atoms with van der Waals surface area (Å²) in [6, 6.07) is 0. The molecule has 0 unspecified atom stereocenters. The molecule has 0 aromatic heterocycles. The third-order valence-corrected chi connectivity index (χ3v) is 2.34. The molecule has 0 aliphatic carbocycles. The highest BCUT2D eigenvalue weighted by Crippen LogP contribution is 2.24. The van der Waals surface area contributed by atoms with Crippen LogP contribution in [0.2, 0.25) is 0 Å². The van der Waals surface area contributed by atoms with E-state index in [0.29, 0.717) is 18.9 Å². The van der Waals surface area contributed by atoms with E-state index in [1.165, 1.54) is 6.92 Å². The van der Waals surface area contributed by atoms with Crippen molar-refractivity contribution in [3.8, 4) is 0 Å². The standard InChI is InChI=1S/C10H16O4/c1-7-6-10(12)14-9(7)4-3-5-13-8(2)11/h7,9H,3-6H2,1-2H3/t7-,9-/m1/s1. The fourth-order valence-corrected chi connectivity index (χ4v) is 1.57. The molecule has 14 heavy (non-hydrogen) atoms. The van der Waals surface area contributed by atoms with E-state index in [1.54, 1.807) is 0 Å². The molecule has 0 saturated carbocycles. The molecule has 4 nitrogen and oxygen atoms in total. The van der Waals surface area contributed by atoms with Gasteiger partial charge in [-0.3, -0.25) is 9.59 Å². The average molecular weight is 200 g/mol. The van der Waals surface area contributed by atoms with E-state index in [1.807, 2.05) is 6.92 Å². The van der Waals surface area contributed by atoms with Crippen molar-refractivity contribution in [3.05, 3.63) is 0 Å². The number of carbonyl (C=O) groups excluding carboxylic acids is 2. The molecule has 80 valence electrons. The second kappa shape index (κ2) is 4.98. The number of hydrogen-bond donors (Lipinski definition) is 0. The zero-order valence-corrected chi connectivity index (χ0v) is 8.62. The van der Waals surface area contributed by atoms with Crippen molar-refractivity contribution < 1.29 is 19.1 Å². The molecule has 1 fully saturated rings. The summed E-state index contributed by atoms with van der Waals surface area (Å²) in [5, 5.41) is 0. The third kappa shape index (κ3) is 3.36. The highest BCUT2D eigenvalue weighted by atomic mass is 16.6. The lowest BCUT2D eigenvalue weighted by atomic mass is 10.0. The molecule has 0 radical (unpaired) electrons. The van der Waals surface area contributed by atoms with Crippen molar-refractivity contribution in [2.24, 2.45) is 5.92 Å². The van der Waals surface area contributed by atoms with E-state index >= 15 is 0 Å². The summed E-state index contributed by atoms with van der Waals surface area (Å²) in [6.07, 6.45) is 2.05. The molecule has 1 heterocycles. The molecule has 0 N–H and O–H groups in total. The Morgan fingerprint density at radius 1 is 1.64 bits per heavy atom. The minimum absolute atomic E-state index is 0.0121. The van der Waals surface area contributed by atoms with Gasteiger partial charge in [-0.25, -0.2) is 0 Å². The Hall–Kier alpha value is -1.06. The first-order valence-electron chi connectivity index (χ1n) is 4.92. The van der Waals surface area contributed by atoms with Gasteiger partial charge in [0.15, 0.2) is 0 Å². The first-order valence-corrected chi connectivity index (χ1v) is 4.92. The molecule has 0 aromatic rings. The first kappa shape index (κ1) is 11.0. The number of ether oxygens (including phenoxy) is 2. The molecule has 0 bridgehead atoms. The Kier molecular flexibility index (Phi) is 3.92. The van der Waals surface area contributed by atoms with E-state index < -0.39 is 0 Å². The van der Waals surface area contributed by atoms with E-state index in [4.69, 9.17) is 9.47 Å². The van der Waals surface area contributed by atoms with Crippen LogP contribution in [0.15, 0.2) is 0 Å². The minimum Gasteiger partial charge on any atom is -0.466 e. The normalized spacial score (nSPS) is 26.0. The fraction of sp³-hybridized carbons (Fsp3) is 0.800. The van der Waals surface area contributed by atoms with Gasteiger partial charge in [0.1, 0.15) is 6.10 Å². The topological polar surface area (TPSA) is 52.6 Å². The summed E-state index contributed by atoms with van der Waals surface area (Å²) in [6.45, 7) is 3.80. The van der Waals surface area contributed by atoms with Gasteiger partial charge < -0.3 is 9.47 Å². The van der Waals surface area contributed by atoms with Gasteiger partial charge in [-0.1, -0.05) is 6.92 Å². The summed E-state index contributed by atoms with van der Waals surface area (Å²) in [4.78, 5) is 21.3. The zero-order chi connectivity index (χ0) is 10.6. The Balaban J connectivity index is 2.12. The lowest BCUT2D eigenvalue weighted by molar-refractivity contribution is -0.144. The lowest BCUT2D eigenvalue weighted by Gasteiger charge is -2.12. The quantitative estimate of drug-likeness (QED) is 0.506. The van der Waals surface area contributed by atoms with Gasteiger partial charge in [0.2, 0.25) is 0 Å². The molecular weight excluding hydrogens is 184 g/mol. The van der Waals surface area contributed by atoms with Crippen LogP contribution in [-0.4, -0.2) is 24.6 Å². The smallest absolute Gasteiger partial charge is 0.306 e. The van der Waals surface area contributed by atoms with E-state index in [0.717, 1.165) is 12.8 Å². The highest BCUT2D eigenvalue weighted by molar-refractivity contribution is 5.71.